The molecule has 0 aliphatic carbocycles. The van der Waals surface area contributed by atoms with E-state index in [0.717, 1.165) is 22.7 Å². The van der Waals surface area contributed by atoms with Gasteiger partial charge in [0.15, 0.2) is 0 Å². The number of anilines is 1. The van der Waals surface area contributed by atoms with Crippen molar-refractivity contribution in [3.8, 4) is 0 Å². The van der Waals surface area contributed by atoms with Crippen molar-refractivity contribution in [2.45, 2.75) is 19.0 Å². The number of nitrogens with zero attached hydrogens (tertiary/aromatic N) is 1. The molecule has 134 valence electrons. The van der Waals surface area contributed by atoms with Crippen LogP contribution in [0.1, 0.15) is 18.4 Å². The molecule has 0 saturated carbocycles. The first-order chi connectivity index (χ1) is 11.0. The first kappa shape index (κ1) is 19.0. The van der Waals surface area contributed by atoms with E-state index in [4.69, 9.17) is 11.6 Å². The highest BCUT2D eigenvalue weighted by Gasteiger charge is 2.35. The van der Waals surface area contributed by atoms with Gasteiger partial charge >= 0.3 is 6.18 Å². The Morgan fingerprint density at radius 3 is 2.62 bits per heavy atom. The van der Waals surface area contributed by atoms with Gasteiger partial charge < -0.3 is 5.32 Å². The zero-order chi connectivity index (χ0) is 18.1. The number of halogens is 4. The van der Waals surface area contributed by atoms with Crippen molar-refractivity contribution in [2.24, 2.45) is 5.92 Å². The molecule has 1 aliphatic heterocycles. The summed E-state index contributed by atoms with van der Waals surface area (Å²) in [5.41, 5.74) is -1.44. The van der Waals surface area contributed by atoms with Gasteiger partial charge in [0.05, 0.1) is 23.4 Å². The third kappa shape index (κ3) is 4.61. The topological polar surface area (TPSA) is 66.5 Å². The number of hydrogen-bond donors (Lipinski definition) is 1. The lowest BCUT2D eigenvalue weighted by Crippen LogP contribution is -2.43. The Labute approximate surface area is 142 Å². The minimum atomic E-state index is -4.67. The summed E-state index contributed by atoms with van der Waals surface area (Å²) >= 11 is 5.59. The molecule has 1 fully saturated rings. The lowest BCUT2D eigenvalue weighted by molar-refractivity contribution is -0.137. The van der Waals surface area contributed by atoms with Crippen LogP contribution >= 0.6 is 11.6 Å². The summed E-state index contributed by atoms with van der Waals surface area (Å²) in [5.74, 6) is -1.35. The van der Waals surface area contributed by atoms with Gasteiger partial charge in [0.2, 0.25) is 15.9 Å². The van der Waals surface area contributed by atoms with Gasteiger partial charge in [-0.3, -0.25) is 4.79 Å². The standard InChI is InChI=1S/C14H16ClF3N2O3S/c1-24(22,23)20-6-2-3-9(8-20)13(21)19-12-5-4-10(15)7-11(12)14(16,17)18/h4-5,7,9H,2-3,6,8H2,1H3,(H,19,21)/t9-/m0/s1. The Bertz CT molecular complexity index is 737. The van der Waals surface area contributed by atoms with Gasteiger partial charge in [0, 0.05) is 18.1 Å². The summed E-state index contributed by atoms with van der Waals surface area (Å²) in [5, 5.41) is 2.15. The molecular weight excluding hydrogens is 369 g/mol. The molecule has 1 aliphatic rings. The summed E-state index contributed by atoms with van der Waals surface area (Å²) in [4.78, 5) is 12.3. The van der Waals surface area contributed by atoms with Crippen molar-refractivity contribution >= 4 is 33.2 Å². The molecule has 1 heterocycles. The fourth-order valence-corrected chi connectivity index (χ4v) is 3.64. The first-order valence-corrected chi connectivity index (χ1v) is 9.34. The van der Waals surface area contributed by atoms with Crippen LogP contribution in [-0.4, -0.2) is 38.0 Å². The van der Waals surface area contributed by atoms with Crippen molar-refractivity contribution < 1.29 is 26.4 Å². The normalized spacial score (nSPS) is 20.0. The third-order valence-electron chi connectivity index (χ3n) is 3.77. The Kier molecular flexibility index (Phi) is 5.46. The quantitative estimate of drug-likeness (QED) is 0.871. The van der Waals surface area contributed by atoms with E-state index in [9.17, 15) is 26.4 Å². The Balaban J connectivity index is 2.18. The minimum absolute atomic E-state index is 0.0421. The number of benzene rings is 1. The molecule has 5 nitrogen and oxygen atoms in total. The number of alkyl halides is 3. The van der Waals surface area contributed by atoms with Gasteiger partial charge in [-0.15, -0.1) is 0 Å². The van der Waals surface area contributed by atoms with E-state index in [1.54, 1.807) is 0 Å². The third-order valence-corrected chi connectivity index (χ3v) is 5.27. The average Bonchev–Trinajstić information content (AvgIpc) is 2.47. The summed E-state index contributed by atoms with van der Waals surface area (Å²) in [7, 11) is -3.45. The van der Waals surface area contributed by atoms with E-state index < -0.39 is 39.3 Å². The van der Waals surface area contributed by atoms with Crippen LogP contribution < -0.4 is 5.32 Å². The Morgan fingerprint density at radius 2 is 2.04 bits per heavy atom. The van der Waals surface area contributed by atoms with Gasteiger partial charge in [0.25, 0.3) is 0 Å². The fraction of sp³-hybridized carbons (Fsp3) is 0.500. The van der Waals surface area contributed by atoms with Crippen molar-refractivity contribution in [3.05, 3.63) is 28.8 Å². The highest BCUT2D eigenvalue weighted by atomic mass is 35.5. The molecule has 1 aromatic carbocycles. The molecule has 1 saturated heterocycles. The second-order valence-electron chi connectivity index (χ2n) is 5.64. The fourth-order valence-electron chi connectivity index (χ4n) is 2.55. The first-order valence-electron chi connectivity index (χ1n) is 7.11. The smallest absolute Gasteiger partial charge is 0.325 e. The number of carbonyl (C=O) groups excluding carboxylic acids is 1. The van der Waals surface area contributed by atoms with Crippen LogP contribution in [0.15, 0.2) is 18.2 Å². The molecule has 0 unspecified atom stereocenters. The molecular formula is C14H16ClF3N2O3S. The molecule has 0 radical (unpaired) electrons. The summed E-state index contributed by atoms with van der Waals surface area (Å²) in [6.45, 7) is 0.261. The number of amides is 1. The molecule has 10 heteroatoms. The van der Waals surface area contributed by atoms with E-state index in [1.165, 1.54) is 6.07 Å². The molecule has 1 N–H and O–H groups in total. The minimum Gasteiger partial charge on any atom is -0.325 e. The van der Waals surface area contributed by atoms with Gasteiger partial charge in [-0.25, -0.2) is 12.7 Å². The molecule has 1 amide bonds. The van der Waals surface area contributed by atoms with Crippen LogP contribution in [0.4, 0.5) is 18.9 Å². The largest absolute Gasteiger partial charge is 0.418 e. The second-order valence-corrected chi connectivity index (χ2v) is 8.06. The zero-order valence-corrected chi connectivity index (χ0v) is 14.3. The number of piperidine rings is 1. The van der Waals surface area contributed by atoms with Crippen LogP contribution in [-0.2, 0) is 21.0 Å². The molecule has 0 bridgehead atoms. The summed E-state index contributed by atoms with van der Waals surface area (Å²) < 4.78 is 63.4. The van der Waals surface area contributed by atoms with Gasteiger partial charge in [-0.1, -0.05) is 11.6 Å². The van der Waals surface area contributed by atoms with Crippen molar-refractivity contribution in [1.82, 2.24) is 4.31 Å². The Hall–Kier alpha value is -1.32. The van der Waals surface area contributed by atoms with Gasteiger partial charge in [0.1, 0.15) is 0 Å². The average molecular weight is 385 g/mol. The van der Waals surface area contributed by atoms with Crippen LogP contribution in [0.25, 0.3) is 0 Å². The number of hydrogen-bond acceptors (Lipinski definition) is 3. The molecule has 24 heavy (non-hydrogen) atoms. The van der Waals surface area contributed by atoms with E-state index in [0.29, 0.717) is 19.4 Å². The highest BCUT2D eigenvalue weighted by Crippen LogP contribution is 2.36. The Morgan fingerprint density at radius 1 is 1.38 bits per heavy atom. The molecule has 1 atom stereocenters. The predicted molar refractivity (Wildman–Crippen MR) is 84.2 cm³/mol. The number of carbonyl (C=O) groups is 1. The van der Waals surface area contributed by atoms with Gasteiger partial charge in [-0.2, -0.15) is 13.2 Å². The maximum Gasteiger partial charge on any atom is 0.418 e. The van der Waals surface area contributed by atoms with Gasteiger partial charge in [-0.05, 0) is 31.0 Å². The van der Waals surface area contributed by atoms with Crippen LogP contribution in [0.5, 0.6) is 0 Å². The maximum absolute atomic E-state index is 13.0. The van der Waals surface area contributed by atoms with Crippen molar-refractivity contribution in [3.63, 3.8) is 0 Å². The zero-order valence-electron chi connectivity index (χ0n) is 12.7. The highest BCUT2D eigenvalue weighted by molar-refractivity contribution is 7.88. The van der Waals surface area contributed by atoms with Crippen LogP contribution in [0.3, 0.4) is 0 Å². The van der Waals surface area contributed by atoms with Crippen LogP contribution in [0.2, 0.25) is 5.02 Å². The van der Waals surface area contributed by atoms with E-state index in [-0.39, 0.29) is 11.6 Å². The van der Waals surface area contributed by atoms with Crippen LogP contribution in [0, 0.1) is 5.92 Å². The van der Waals surface area contributed by atoms with E-state index in [2.05, 4.69) is 5.32 Å². The monoisotopic (exact) mass is 384 g/mol. The number of rotatable bonds is 3. The molecule has 1 aromatic rings. The lowest BCUT2D eigenvalue weighted by atomic mass is 9.98. The summed E-state index contributed by atoms with van der Waals surface area (Å²) in [6.07, 6.45) is -2.75. The summed E-state index contributed by atoms with van der Waals surface area (Å²) in [6, 6.07) is 3.07. The van der Waals surface area contributed by atoms with Crippen molar-refractivity contribution in [1.29, 1.82) is 0 Å². The number of sulfonamides is 1. The maximum atomic E-state index is 13.0. The van der Waals surface area contributed by atoms with Crippen molar-refractivity contribution in [2.75, 3.05) is 24.7 Å². The SMILES string of the molecule is CS(=O)(=O)N1CCC[C@H](C(=O)Nc2ccc(Cl)cc2C(F)(F)F)C1. The van der Waals surface area contributed by atoms with E-state index >= 15 is 0 Å². The van der Waals surface area contributed by atoms with E-state index in [1.807, 2.05) is 0 Å². The molecule has 0 aromatic heterocycles. The second kappa shape index (κ2) is 6.89. The number of nitrogens with one attached hydrogen (secondary N) is 1. The molecule has 0 spiro atoms. The lowest BCUT2D eigenvalue weighted by Gasteiger charge is -2.30. The predicted octanol–water partition coefficient (Wildman–Crippen LogP) is 2.97. The molecule has 2 rings (SSSR count).